The van der Waals surface area contributed by atoms with Crippen LogP contribution in [0.4, 0.5) is 5.69 Å². The third-order valence-corrected chi connectivity index (χ3v) is 5.03. The zero-order chi connectivity index (χ0) is 19.3. The monoisotopic (exact) mass is 370 g/mol. The number of rotatable bonds is 5. The number of aromatic nitrogens is 1. The summed E-state index contributed by atoms with van der Waals surface area (Å²) in [4.78, 5) is 12.5. The van der Waals surface area contributed by atoms with E-state index in [1.54, 1.807) is 0 Å². The Kier molecular flexibility index (Phi) is 5.38. The number of hydrogen-bond donors (Lipinski definition) is 2. The topological polar surface area (TPSA) is 52.5 Å². The number of nitrogens with one attached hydrogen (secondary N) is 2. The van der Waals surface area contributed by atoms with Crippen molar-refractivity contribution in [3.05, 3.63) is 83.4 Å². The van der Waals surface area contributed by atoms with Crippen LogP contribution in [0.1, 0.15) is 36.7 Å². The van der Waals surface area contributed by atoms with E-state index in [9.17, 15) is 0 Å². The predicted molar refractivity (Wildman–Crippen MR) is 119 cm³/mol. The van der Waals surface area contributed by atoms with Crippen LogP contribution in [0.15, 0.2) is 76.4 Å². The summed E-state index contributed by atoms with van der Waals surface area (Å²) < 4.78 is 0. The van der Waals surface area contributed by atoms with Crippen molar-refractivity contribution in [1.29, 1.82) is 0 Å². The molecule has 0 saturated heterocycles. The number of H-pyrrole nitrogens is 1. The van der Waals surface area contributed by atoms with Gasteiger partial charge in [-0.3, -0.25) is 9.98 Å². The van der Waals surface area contributed by atoms with E-state index in [-0.39, 0.29) is 6.04 Å². The molecule has 4 nitrogen and oxygen atoms in total. The standard InChI is InChI=1S/C24H26N4/c1-17-3-9-23(27-17)15-25-21-11-5-19(6-12-21)20-7-13-22(14-8-20)26-16-24-10-4-18(2)28-24/h3-9,11-13,15-16,22,24,27-28H,10,14H2,1-2H3. The Bertz CT molecular complexity index is 970. The van der Waals surface area contributed by atoms with Crippen LogP contribution in [0.25, 0.3) is 5.57 Å². The van der Waals surface area contributed by atoms with Gasteiger partial charge in [-0.05, 0) is 62.1 Å². The smallest absolute Gasteiger partial charge is 0.0714 e. The SMILES string of the molecule is CC1=CCC(C=NC2C=CC(c3ccc(N=Cc4ccc(C)[nH]4)cc3)=CC2)N1. The normalized spacial score (nSPS) is 21.9. The van der Waals surface area contributed by atoms with Gasteiger partial charge in [-0.25, -0.2) is 0 Å². The predicted octanol–water partition coefficient (Wildman–Crippen LogP) is 5.12. The van der Waals surface area contributed by atoms with Gasteiger partial charge in [-0.2, -0.15) is 0 Å². The van der Waals surface area contributed by atoms with Crippen LogP contribution in [0.5, 0.6) is 0 Å². The molecule has 4 heteroatoms. The Balaban J connectivity index is 1.34. The Morgan fingerprint density at radius 1 is 1.00 bits per heavy atom. The Morgan fingerprint density at radius 2 is 1.86 bits per heavy atom. The van der Waals surface area contributed by atoms with E-state index >= 15 is 0 Å². The van der Waals surface area contributed by atoms with E-state index in [0.29, 0.717) is 6.04 Å². The second-order valence-electron chi connectivity index (χ2n) is 7.40. The van der Waals surface area contributed by atoms with Crippen molar-refractivity contribution in [1.82, 2.24) is 10.3 Å². The highest BCUT2D eigenvalue weighted by molar-refractivity contribution is 5.81. The fraction of sp³-hybridized carbons (Fsp3) is 0.250. The zero-order valence-electron chi connectivity index (χ0n) is 16.4. The van der Waals surface area contributed by atoms with E-state index in [4.69, 9.17) is 4.99 Å². The summed E-state index contributed by atoms with van der Waals surface area (Å²) in [5, 5.41) is 3.41. The molecule has 1 aliphatic heterocycles. The minimum atomic E-state index is 0.236. The van der Waals surface area contributed by atoms with Crippen LogP contribution < -0.4 is 5.32 Å². The molecule has 0 spiro atoms. The number of nitrogens with zero attached hydrogens (tertiary/aromatic N) is 2. The highest BCUT2D eigenvalue weighted by Crippen LogP contribution is 2.25. The molecule has 142 valence electrons. The van der Waals surface area contributed by atoms with Gasteiger partial charge >= 0.3 is 0 Å². The lowest BCUT2D eigenvalue weighted by Gasteiger charge is -2.14. The minimum Gasteiger partial charge on any atom is -0.381 e. The summed E-state index contributed by atoms with van der Waals surface area (Å²) in [5.74, 6) is 0. The largest absolute Gasteiger partial charge is 0.381 e. The molecule has 0 bridgehead atoms. The number of benzene rings is 1. The third-order valence-electron chi connectivity index (χ3n) is 5.03. The van der Waals surface area contributed by atoms with Gasteiger partial charge < -0.3 is 10.3 Å². The summed E-state index contributed by atoms with van der Waals surface area (Å²) in [6.45, 7) is 4.14. The highest BCUT2D eigenvalue weighted by atomic mass is 15.0. The molecule has 28 heavy (non-hydrogen) atoms. The molecule has 1 aromatic heterocycles. The zero-order valence-corrected chi connectivity index (χ0v) is 16.4. The first-order valence-electron chi connectivity index (χ1n) is 9.81. The van der Waals surface area contributed by atoms with Gasteiger partial charge in [0.25, 0.3) is 0 Å². The van der Waals surface area contributed by atoms with Gasteiger partial charge in [0.1, 0.15) is 0 Å². The average Bonchev–Trinajstić information content (AvgIpc) is 3.33. The maximum absolute atomic E-state index is 4.72. The highest BCUT2D eigenvalue weighted by Gasteiger charge is 2.12. The molecule has 2 aromatic rings. The van der Waals surface area contributed by atoms with E-state index in [0.717, 1.165) is 29.9 Å². The lowest BCUT2D eigenvalue weighted by Crippen LogP contribution is -2.23. The molecule has 1 aliphatic carbocycles. The van der Waals surface area contributed by atoms with E-state index in [2.05, 4.69) is 77.0 Å². The van der Waals surface area contributed by atoms with Crippen molar-refractivity contribution in [2.75, 3.05) is 0 Å². The van der Waals surface area contributed by atoms with E-state index in [1.807, 2.05) is 25.3 Å². The first kappa shape index (κ1) is 18.2. The Labute approximate surface area is 166 Å². The quantitative estimate of drug-likeness (QED) is 0.705. The molecule has 2 atom stereocenters. The number of hydrogen-bond acceptors (Lipinski definition) is 3. The molecular formula is C24H26N4. The average molecular weight is 371 g/mol. The van der Waals surface area contributed by atoms with Crippen molar-refractivity contribution in [2.24, 2.45) is 9.98 Å². The van der Waals surface area contributed by atoms with Crippen LogP contribution in [0.3, 0.4) is 0 Å². The van der Waals surface area contributed by atoms with Gasteiger partial charge in [-0.15, -0.1) is 0 Å². The Hall–Kier alpha value is -3.14. The fourth-order valence-electron chi connectivity index (χ4n) is 3.45. The van der Waals surface area contributed by atoms with Gasteiger partial charge in [0, 0.05) is 17.6 Å². The van der Waals surface area contributed by atoms with Crippen molar-refractivity contribution >= 4 is 23.7 Å². The summed E-state index contributed by atoms with van der Waals surface area (Å²) in [7, 11) is 0. The van der Waals surface area contributed by atoms with Gasteiger partial charge in [-0.1, -0.05) is 36.4 Å². The second-order valence-corrected chi connectivity index (χ2v) is 7.40. The molecule has 0 saturated carbocycles. The minimum absolute atomic E-state index is 0.236. The second kappa shape index (κ2) is 8.26. The van der Waals surface area contributed by atoms with Gasteiger partial charge in [0.05, 0.1) is 29.7 Å². The number of allylic oxidation sites excluding steroid dienone is 3. The van der Waals surface area contributed by atoms with Crippen LogP contribution in [0.2, 0.25) is 0 Å². The maximum Gasteiger partial charge on any atom is 0.0714 e. The van der Waals surface area contributed by atoms with Crippen LogP contribution in [-0.4, -0.2) is 29.5 Å². The molecule has 0 amide bonds. The molecule has 2 unspecified atom stereocenters. The molecule has 1 aromatic carbocycles. The van der Waals surface area contributed by atoms with Crippen molar-refractivity contribution in [3.8, 4) is 0 Å². The summed E-state index contributed by atoms with van der Waals surface area (Å²) in [6.07, 6.45) is 14.8. The first-order valence-corrected chi connectivity index (χ1v) is 9.81. The summed E-state index contributed by atoms with van der Waals surface area (Å²) >= 11 is 0. The molecule has 4 rings (SSSR count). The van der Waals surface area contributed by atoms with Crippen LogP contribution in [-0.2, 0) is 0 Å². The Morgan fingerprint density at radius 3 is 2.50 bits per heavy atom. The van der Waals surface area contributed by atoms with Crippen molar-refractivity contribution in [2.45, 2.75) is 38.8 Å². The van der Waals surface area contributed by atoms with Crippen molar-refractivity contribution < 1.29 is 0 Å². The lowest BCUT2D eigenvalue weighted by molar-refractivity contribution is 0.761. The van der Waals surface area contributed by atoms with E-state index in [1.165, 1.54) is 16.8 Å². The molecule has 2 N–H and O–H groups in total. The number of aryl methyl sites for hydroxylation is 1. The number of aliphatic imine (C=N–C) groups is 2. The lowest BCUT2D eigenvalue weighted by atomic mass is 9.97. The third kappa shape index (κ3) is 4.58. The molecule has 0 fully saturated rings. The first-order chi connectivity index (χ1) is 13.7. The molecular weight excluding hydrogens is 344 g/mol. The summed E-state index contributed by atoms with van der Waals surface area (Å²) in [6, 6.07) is 13.0. The molecule has 2 aliphatic rings. The fourth-order valence-corrected chi connectivity index (χ4v) is 3.45. The van der Waals surface area contributed by atoms with Crippen molar-refractivity contribution in [3.63, 3.8) is 0 Å². The summed E-state index contributed by atoms with van der Waals surface area (Å²) in [5.41, 5.74) is 6.82. The van der Waals surface area contributed by atoms with Crippen LogP contribution in [0, 0.1) is 6.92 Å². The molecule has 0 radical (unpaired) electrons. The van der Waals surface area contributed by atoms with Gasteiger partial charge in [0.2, 0.25) is 0 Å². The number of aromatic amines is 1. The van der Waals surface area contributed by atoms with E-state index < -0.39 is 0 Å². The maximum atomic E-state index is 4.72. The van der Waals surface area contributed by atoms with Gasteiger partial charge in [0.15, 0.2) is 0 Å². The van der Waals surface area contributed by atoms with Crippen LogP contribution >= 0.6 is 0 Å². The molecule has 2 heterocycles.